The van der Waals surface area contributed by atoms with E-state index in [9.17, 15) is 9.59 Å². The van der Waals surface area contributed by atoms with Gasteiger partial charge in [0.25, 0.3) is 5.91 Å². The SMILES string of the molecule is CSCc1ccc(C(=O)NC(C(=O)O)C2CC2)cc1. The zero-order valence-electron chi connectivity index (χ0n) is 10.8. The number of hydrogen-bond acceptors (Lipinski definition) is 3. The van der Waals surface area contributed by atoms with E-state index in [0.717, 1.165) is 24.2 Å². The lowest BCUT2D eigenvalue weighted by Gasteiger charge is -2.13. The Morgan fingerprint density at radius 2 is 2.00 bits per heavy atom. The number of carbonyl (C=O) groups is 2. The number of benzene rings is 1. The van der Waals surface area contributed by atoms with Crippen molar-refractivity contribution in [1.82, 2.24) is 5.32 Å². The molecule has 0 saturated heterocycles. The number of thioether (sulfide) groups is 1. The normalized spacial score (nSPS) is 15.8. The van der Waals surface area contributed by atoms with Crippen LogP contribution in [0.3, 0.4) is 0 Å². The highest BCUT2D eigenvalue weighted by molar-refractivity contribution is 7.97. The first-order valence-corrected chi connectivity index (χ1v) is 7.62. The molecule has 1 atom stereocenters. The van der Waals surface area contributed by atoms with Crippen molar-refractivity contribution in [2.45, 2.75) is 24.6 Å². The smallest absolute Gasteiger partial charge is 0.326 e. The number of carboxylic acid groups (broad SMARTS) is 1. The second-order valence-electron chi connectivity index (χ2n) is 4.76. The second kappa shape index (κ2) is 6.10. The molecule has 102 valence electrons. The van der Waals surface area contributed by atoms with E-state index in [1.54, 1.807) is 23.9 Å². The van der Waals surface area contributed by atoms with Gasteiger partial charge in [-0.2, -0.15) is 11.8 Å². The van der Waals surface area contributed by atoms with Crippen LogP contribution in [-0.4, -0.2) is 29.3 Å². The molecule has 4 nitrogen and oxygen atoms in total. The van der Waals surface area contributed by atoms with Gasteiger partial charge in [0.15, 0.2) is 0 Å². The Morgan fingerprint density at radius 1 is 1.37 bits per heavy atom. The van der Waals surface area contributed by atoms with Gasteiger partial charge < -0.3 is 10.4 Å². The first-order chi connectivity index (χ1) is 9.11. The molecule has 0 aromatic heterocycles. The monoisotopic (exact) mass is 279 g/mol. The van der Waals surface area contributed by atoms with Gasteiger partial charge in [-0.3, -0.25) is 4.79 Å². The molecule has 0 bridgehead atoms. The first-order valence-electron chi connectivity index (χ1n) is 6.23. The van der Waals surface area contributed by atoms with Gasteiger partial charge in [-0.1, -0.05) is 12.1 Å². The van der Waals surface area contributed by atoms with Gasteiger partial charge in [0.1, 0.15) is 6.04 Å². The summed E-state index contributed by atoms with van der Waals surface area (Å²) in [5.74, 6) is -0.260. The number of carboxylic acids is 1. The van der Waals surface area contributed by atoms with E-state index < -0.39 is 12.0 Å². The molecule has 1 aliphatic carbocycles. The number of rotatable bonds is 6. The third kappa shape index (κ3) is 3.73. The summed E-state index contributed by atoms with van der Waals surface area (Å²) >= 11 is 1.72. The van der Waals surface area contributed by atoms with Gasteiger partial charge in [-0.05, 0) is 42.7 Å². The highest BCUT2D eigenvalue weighted by Crippen LogP contribution is 2.32. The van der Waals surface area contributed by atoms with Crippen LogP contribution in [0.1, 0.15) is 28.8 Å². The molecule has 5 heteroatoms. The molecule has 2 rings (SSSR count). The minimum Gasteiger partial charge on any atom is -0.480 e. The summed E-state index contributed by atoms with van der Waals surface area (Å²) in [6.45, 7) is 0. The Bertz CT molecular complexity index is 468. The van der Waals surface area contributed by atoms with Crippen LogP contribution in [0.2, 0.25) is 0 Å². The van der Waals surface area contributed by atoms with Crippen molar-refractivity contribution in [3.05, 3.63) is 35.4 Å². The molecular formula is C14H17NO3S. The predicted molar refractivity (Wildman–Crippen MR) is 75.3 cm³/mol. The zero-order chi connectivity index (χ0) is 13.8. The fourth-order valence-corrected chi connectivity index (χ4v) is 2.48. The molecule has 1 fully saturated rings. The molecular weight excluding hydrogens is 262 g/mol. The number of amides is 1. The van der Waals surface area contributed by atoms with Crippen LogP contribution in [-0.2, 0) is 10.5 Å². The predicted octanol–water partition coefficient (Wildman–Crippen LogP) is 2.14. The summed E-state index contributed by atoms with van der Waals surface area (Å²) in [7, 11) is 0. The molecule has 1 aromatic rings. The van der Waals surface area contributed by atoms with Crippen molar-refractivity contribution in [2.24, 2.45) is 5.92 Å². The lowest BCUT2D eigenvalue weighted by Crippen LogP contribution is -2.42. The van der Waals surface area contributed by atoms with E-state index >= 15 is 0 Å². The molecule has 19 heavy (non-hydrogen) atoms. The summed E-state index contributed by atoms with van der Waals surface area (Å²) in [4.78, 5) is 23.1. The van der Waals surface area contributed by atoms with E-state index in [4.69, 9.17) is 5.11 Å². The van der Waals surface area contributed by atoms with E-state index in [2.05, 4.69) is 5.32 Å². The third-order valence-electron chi connectivity index (χ3n) is 3.17. The first kappa shape index (κ1) is 13.9. The Kier molecular flexibility index (Phi) is 4.47. The number of hydrogen-bond donors (Lipinski definition) is 2. The Balaban J connectivity index is 2.00. The Hall–Kier alpha value is -1.49. The molecule has 0 radical (unpaired) electrons. The van der Waals surface area contributed by atoms with E-state index in [0.29, 0.717) is 5.56 Å². The third-order valence-corrected chi connectivity index (χ3v) is 3.80. The van der Waals surface area contributed by atoms with Crippen molar-refractivity contribution in [3.8, 4) is 0 Å². The number of carbonyl (C=O) groups excluding carboxylic acids is 1. The van der Waals surface area contributed by atoms with Crippen LogP contribution < -0.4 is 5.32 Å². The van der Waals surface area contributed by atoms with Gasteiger partial charge in [-0.25, -0.2) is 4.79 Å². The molecule has 1 aromatic carbocycles. The topological polar surface area (TPSA) is 66.4 Å². The fourth-order valence-electron chi connectivity index (χ4n) is 1.95. The molecule has 2 N–H and O–H groups in total. The summed E-state index contributed by atoms with van der Waals surface area (Å²) in [6, 6.07) is 6.54. The lowest BCUT2D eigenvalue weighted by atomic mass is 10.1. The van der Waals surface area contributed by atoms with Gasteiger partial charge in [-0.15, -0.1) is 0 Å². The van der Waals surface area contributed by atoms with Crippen LogP contribution in [0.4, 0.5) is 0 Å². The van der Waals surface area contributed by atoms with Crippen molar-refractivity contribution in [1.29, 1.82) is 0 Å². The average molecular weight is 279 g/mol. The number of nitrogens with one attached hydrogen (secondary N) is 1. The highest BCUT2D eigenvalue weighted by atomic mass is 32.2. The van der Waals surface area contributed by atoms with Gasteiger partial charge in [0, 0.05) is 11.3 Å². The molecule has 1 aliphatic rings. The maximum atomic E-state index is 12.0. The van der Waals surface area contributed by atoms with Gasteiger partial charge in [0.05, 0.1) is 0 Å². The summed E-state index contributed by atoms with van der Waals surface area (Å²) in [5.41, 5.74) is 1.66. The quantitative estimate of drug-likeness (QED) is 0.837. The van der Waals surface area contributed by atoms with E-state index in [1.165, 1.54) is 0 Å². The molecule has 0 aliphatic heterocycles. The van der Waals surface area contributed by atoms with Crippen LogP contribution in [0.15, 0.2) is 24.3 Å². The molecule has 1 amide bonds. The molecule has 0 heterocycles. The van der Waals surface area contributed by atoms with Gasteiger partial charge in [0.2, 0.25) is 0 Å². The van der Waals surface area contributed by atoms with E-state index in [-0.39, 0.29) is 11.8 Å². The lowest BCUT2D eigenvalue weighted by molar-refractivity contribution is -0.139. The average Bonchev–Trinajstić information content (AvgIpc) is 3.21. The van der Waals surface area contributed by atoms with E-state index in [1.807, 2.05) is 18.4 Å². The Labute approximate surface area is 116 Å². The maximum absolute atomic E-state index is 12.0. The molecule has 1 unspecified atom stereocenters. The van der Waals surface area contributed by atoms with Crippen LogP contribution in [0.5, 0.6) is 0 Å². The van der Waals surface area contributed by atoms with Crippen molar-refractivity contribution in [2.75, 3.05) is 6.26 Å². The standard InChI is InChI=1S/C14H17NO3S/c1-19-8-9-2-4-11(5-3-9)13(16)15-12(14(17)18)10-6-7-10/h2-5,10,12H,6-8H2,1H3,(H,15,16)(H,17,18). The summed E-state index contributed by atoms with van der Waals surface area (Å²) in [5, 5.41) is 11.7. The maximum Gasteiger partial charge on any atom is 0.326 e. The number of aliphatic carboxylic acids is 1. The minimum absolute atomic E-state index is 0.0946. The van der Waals surface area contributed by atoms with Crippen LogP contribution in [0, 0.1) is 5.92 Å². The summed E-state index contributed by atoms with van der Waals surface area (Å²) < 4.78 is 0. The van der Waals surface area contributed by atoms with Crippen LogP contribution in [0.25, 0.3) is 0 Å². The fraction of sp³-hybridized carbons (Fsp3) is 0.429. The molecule has 0 spiro atoms. The minimum atomic E-state index is -0.949. The van der Waals surface area contributed by atoms with Gasteiger partial charge >= 0.3 is 5.97 Å². The largest absolute Gasteiger partial charge is 0.480 e. The van der Waals surface area contributed by atoms with Crippen molar-refractivity contribution >= 4 is 23.6 Å². The van der Waals surface area contributed by atoms with Crippen LogP contribution >= 0.6 is 11.8 Å². The summed E-state index contributed by atoms with van der Waals surface area (Å²) in [6.07, 6.45) is 3.78. The Morgan fingerprint density at radius 3 is 2.47 bits per heavy atom. The van der Waals surface area contributed by atoms with Crippen molar-refractivity contribution < 1.29 is 14.7 Å². The zero-order valence-corrected chi connectivity index (χ0v) is 11.6. The van der Waals surface area contributed by atoms with Crippen molar-refractivity contribution in [3.63, 3.8) is 0 Å². The second-order valence-corrected chi connectivity index (χ2v) is 5.62. The molecule has 1 saturated carbocycles. The highest BCUT2D eigenvalue weighted by Gasteiger charge is 2.37.